The number of aromatic nitrogens is 3. The van der Waals surface area contributed by atoms with Crippen LogP contribution in [0.15, 0.2) is 39.7 Å². The minimum atomic E-state index is -0.224. The summed E-state index contributed by atoms with van der Waals surface area (Å²) < 4.78 is 8.78. The number of pyridine rings is 1. The molecule has 1 N–H and O–H groups in total. The van der Waals surface area contributed by atoms with Crippen LogP contribution in [0, 0.1) is 6.92 Å². The number of fused-ring (bicyclic) bond motifs is 1. The second kappa shape index (κ2) is 7.42. The lowest BCUT2D eigenvalue weighted by Crippen LogP contribution is -2.34. The second-order valence-corrected chi connectivity index (χ2v) is 7.17. The van der Waals surface area contributed by atoms with Crippen LogP contribution in [0.2, 0.25) is 0 Å². The Balaban J connectivity index is 1.58. The van der Waals surface area contributed by atoms with E-state index in [2.05, 4.69) is 10.3 Å². The molecule has 4 rings (SSSR count). The van der Waals surface area contributed by atoms with Crippen molar-refractivity contribution >= 4 is 17.1 Å². The van der Waals surface area contributed by atoms with Gasteiger partial charge in [-0.3, -0.25) is 13.9 Å². The highest BCUT2D eigenvalue weighted by atomic mass is 16.3. The molecule has 3 aromatic rings. The first-order valence-electron chi connectivity index (χ1n) is 9.51. The highest BCUT2D eigenvalue weighted by Crippen LogP contribution is 2.29. The van der Waals surface area contributed by atoms with Crippen LogP contribution in [0.25, 0.3) is 11.2 Å². The summed E-state index contributed by atoms with van der Waals surface area (Å²) in [6.45, 7) is 2.14. The Hall–Kier alpha value is -2.83. The number of rotatable bonds is 5. The van der Waals surface area contributed by atoms with Crippen molar-refractivity contribution in [2.75, 3.05) is 0 Å². The van der Waals surface area contributed by atoms with Crippen molar-refractivity contribution < 1.29 is 9.21 Å². The zero-order valence-electron chi connectivity index (χ0n) is 15.5. The number of amides is 1. The smallest absolute Gasteiger partial charge is 0.331 e. The molecule has 0 bridgehead atoms. The normalized spacial score (nSPS) is 15.3. The molecule has 0 saturated heterocycles. The SMILES string of the molecule is Cc1ccc(CNC(=O)Cn2c(=O)n(C3CCCCC3)c3ncccc32)o1. The fourth-order valence-electron chi connectivity index (χ4n) is 3.89. The highest BCUT2D eigenvalue weighted by molar-refractivity contribution is 5.79. The molecule has 1 aliphatic rings. The van der Waals surface area contributed by atoms with Crippen molar-refractivity contribution in [3.63, 3.8) is 0 Å². The Kier molecular flexibility index (Phi) is 4.83. The molecule has 0 atom stereocenters. The first-order valence-corrected chi connectivity index (χ1v) is 9.51. The third kappa shape index (κ3) is 3.54. The summed E-state index contributed by atoms with van der Waals surface area (Å²) in [6, 6.07) is 7.51. The quantitative estimate of drug-likeness (QED) is 0.751. The van der Waals surface area contributed by atoms with Crippen LogP contribution in [0.5, 0.6) is 0 Å². The van der Waals surface area contributed by atoms with E-state index in [0.717, 1.165) is 31.4 Å². The van der Waals surface area contributed by atoms with Gasteiger partial charge in [0.25, 0.3) is 0 Å². The van der Waals surface area contributed by atoms with Gasteiger partial charge < -0.3 is 9.73 Å². The van der Waals surface area contributed by atoms with E-state index >= 15 is 0 Å². The number of furan rings is 1. The average molecular weight is 368 g/mol. The van der Waals surface area contributed by atoms with E-state index in [-0.39, 0.29) is 24.2 Å². The molecule has 3 heterocycles. The van der Waals surface area contributed by atoms with E-state index in [4.69, 9.17) is 4.42 Å². The molecule has 7 nitrogen and oxygen atoms in total. The van der Waals surface area contributed by atoms with Crippen molar-refractivity contribution in [2.45, 2.75) is 58.2 Å². The van der Waals surface area contributed by atoms with Gasteiger partial charge in [0.1, 0.15) is 18.1 Å². The summed E-state index contributed by atoms with van der Waals surface area (Å²) in [6.07, 6.45) is 7.13. The van der Waals surface area contributed by atoms with Gasteiger partial charge in [0.2, 0.25) is 5.91 Å². The molecule has 3 aromatic heterocycles. The summed E-state index contributed by atoms with van der Waals surface area (Å²) >= 11 is 0. The molecule has 142 valence electrons. The van der Waals surface area contributed by atoms with Crippen molar-refractivity contribution in [2.24, 2.45) is 0 Å². The van der Waals surface area contributed by atoms with Crippen LogP contribution in [-0.4, -0.2) is 20.0 Å². The molecule has 1 aliphatic carbocycles. The second-order valence-electron chi connectivity index (χ2n) is 7.17. The maximum atomic E-state index is 13.1. The number of hydrogen-bond acceptors (Lipinski definition) is 4. The molecule has 0 unspecified atom stereocenters. The predicted molar refractivity (Wildman–Crippen MR) is 101 cm³/mol. The van der Waals surface area contributed by atoms with Crippen LogP contribution >= 0.6 is 0 Å². The number of imidazole rings is 1. The molecule has 0 aromatic carbocycles. The van der Waals surface area contributed by atoms with Gasteiger partial charge in [0.05, 0.1) is 12.1 Å². The molecular formula is C20H24N4O3. The van der Waals surface area contributed by atoms with E-state index < -0.39 is 0 Å². The van der Waals surface area contributed by atoms with Gasteiger partial charge in [0, 0.05) is 12.2 Å². The highest BCUT2D eigenvalue weighted by Gasteiger charge is 2.23. The van der Waals surface area contributed by atoms with Crippen LogP contribution in [0.1, 0.15) is 49.7 Å². The van der Waals surface area contributed by atoms with Gasteiger partial charge in [-0.25, -0.2) is 9.78 Å². The van der Waals surface area contributed by atoms with Crippen LogP contribution in [-0.2, 0) is 17.9 Å². The fourth-order valence-corrected chi connectivity index (χ4v) is 3.89. The lowest BCUT2D eigenvalue weighted by molar-refractivity contribution is -0.121. The Morgan fingerprint density at radius 1 is 1.26 bits per heavy atom. The monoisotopic (exact) mass is 368 g/mol. The molecule has 7 heteroatoms. The Bertz CT molecular complexity index is 1010. The minimum absolute atomic E-state index is 0.0273. The lowest BCUT2D eigenvalue weighted by atomic mass is 9.95. The van der Waals surface area contributed by atoms with Gasteiger partial charge in [-0.2, -0.15) is 0 Å². The summed E-state index contributed by atoms with van der Waals surface area (Å²) in [4.78, 5) is 30.0. The molecular weight excluding hydrogens is 344 g/mol. The lowest BCUT2D eigenvalue weighted by Gasteiger charge is -2.22. The summed E-state index contributed by atoms with van der Waals surface area (Å²) in [5.74, 6) is 1.27. The zero-order chi connectivity index (χ0) is 18.8. The Labute approximate surface area is 157 Å². The summed E-state index contributed by atoms with van der Waals surface area (Å²) in [5, 5.41) is 2.82. The standard InChI is InChI=1S/C20H24N4O3/c1-14-9-10-16(27-14)12-22-18(25)13-23-17-8-5-11-21-19(17)24(20(23)26)15-6-3-2-4-7-15/h5,8-11,15H,2-4,6-7,12-13H2,1H3,(H,22,25). The topological polar surface area (TPSA) is 82.1 Å². The predicted octanol–water partition coefficient (Wildman–Crippen LogP) is 2.92. The number of carbonyl (C=O) groups excluding carboxylic acids is 1. The zero-order valence-corrected chi connectivity index (χ0v) is 15.5. The maximum absolute atomic E-state index is 13.1. The van der Waals surface area contributed by atoms with Gasteiger partial charge in [-0.1, -0.05) is 19.3 Å². The van der Waals surface area contributed by atoms with Crippen LogP contribution in [0.4, 0.5) is 0 Å². The van der Waals surface area contributed by atoms with Gasteiger partial charge in [-0.15, -0.1) is 0 Å². The fraction of sp³-hybridized carbons (Fsp3) is 0.450. The summed E-state index contributed by atoms with van der Waals surface area (Å²) in [5.41, 5.74) is 1.22. The number of nitrogens with one attached hydrogen (secondary N) is 1. The molecule has 0 spiro atoms. The third-order valence-electron chi connectivity index (χ3n) is 5.22. The van der Waals surface area contributed by atoms with Crippen molar-refractivity contribution in [1.29, 1.82) is 0 Å². The average Bonchev–Trinajstić information content (AvgIpc) is 3.22. The molecule has 1 amide bonds. The van der Waals surface area contributed by atoms with E-state index in [1.54, 1.807) is 16.8 Å². The molecule has 0 radical (unpaired) electrons. The van der Waals surface area contributed by atoms with E-state index in [0.29, 0.717) is 23.5 Å². The Morgan fingerprint density at radius 2 is 2.07 bits per heavy atom. The van der Waals surface area contributed by atoms with E-state index in [1.165, 1.54) is 11.0 Å². The van der Waals surface area contributed by atoms with Gasteiger partial charge >= 0.3 is 5.69 Å². The number of carbonyl (C=O) groups is 1. The Morgan fingerprint density at radius 3 is 2.81 bits per heavy atom. The first-order chi connectivity index (χ1) is 13.1. The number of nitrogens with zero attached hydrogens (tertiary/aromatic N) is 3. The van der Waals surface area contributed by atoms with Gasteiger partial charge in [0.15, 0.2) is 5.65 Å². The third-order valence-corrected chi connectivity index (χ3v) is 5.22. The first kappa shape index (κ1) is 17.6. The van der Waals surface area contributed by atoms with Crippen molar-refractivity contribution in [1.82, 2.24) is 19.4 Å². The van der Waals surface area contributed by atoms with Crippen LogP contribution < -0.4 is 11.0 Å². The van der Waals surface area contributed by atoms with E-state index in [1.807, 2.05) is 25.1 Å². The molecule has 1 saturated carbocycles. The van der Waals surface area contributed by atoms with Crippen LogP contribution in [0.3, 0.4) is 0 Å². The van der Waals surface area contributed by atoms with Crippen molar-refractivity contribution in [3.8, 4) is 0 Å². The maximum Gasteiger partial charge on any atom is 0.331 e. The molecule has 27 heavy (non-hydrogen) atoms. The minimum Gasteiger partial charge on any atom is -0.465 e. The van der Waals surface area contributed by atoms with Crippen molar-refractivity contribution in [3.05, 3.63) is 52.5 Å². The summed E-state index contributed by atoms with van der Waals surface area (Å²) in [7, 11) is 0. The number of aryl methyl sites for hydroxylation is 1. The van der Waals surface area contributed by atoms with E-state index in [9.17, 15) is 9.59 Å². The largest absolute Gasteiger partial charge is 0.465 e. The molecule has 0 aliphatic heterocycles. The molecule has 1 fully saturated rings. The number of hydrogen-bond donors (Lipinski definition) is 1. The van der Waals surface area contributed by atoms with Gasteiger partial charge in [-0.05, 0) is 44.0 Å².